The van der Waals surface area contributed by atoms with E-state index < -0.39 is 11.1 Å². The van der Waals surface area contributed by atoms with Gasteiger partial charge in [-0.25, -0.2) is 0 Å². The zero-order valence-electron chi connectivity index (χ0n) is 12.5. The highest BCUT2D eigenvalue weighted by molar-refractivity contribution is 5.27. The van der Waals surface area contributed by atoms with E-state index in [4.69, 9.17) is 0 Å². The lowest BCUT2D eigenvalue weighted by Gasteiger charge is -2.57. The van der Waals surface area contributed by atoms with Crippen LogP contribution in [0.3, 0.4) is 0 Å². The molecule has 0 aliphatic carbocycles. The molecule has 2 aliphatic heterocycles. The third kappa shape index (κ3) is 2.26. The minimum atomic E-state index is -0.925. The number of nitriles is 1. The number of hydrogen-bond donors (Lipinski definition) is 2. The number of nitrogens with zero attached hydrogens (tertiary/aromatic N) is 2. The van der Waals surface area contributed by atoms with Crippen molar-refractivity contribution >= 4 is 0 Å². The van der Waals surface area contributed by atoms with Gasteiger partial charge in [-0.1, -0.05) is 30.3 Å². The standard InChI is InChI=1S/C17H23N3O/c1-14-6-5-9-16(11-18,17(21)12-19-13-17)20(14)10-15-7-3-2-4-8-15/h2-4,7-8,14,19,21H,5-6,9-10,12-13H2,1H3. The van der Waals surface area contributed by atoms with Crippen molar-refractivity contribution < 1.29 is 5.11 Å². The van der Waals surface area contributed by atoms with E-state index in [1.165, 1.54) is 5.56 Å². The Bertz CT molecular complexity index is 535. The van der Waals surface area contributed by atoms with E-state index in [0.717, 1.165) is 25.8 Å². The molecule has 0 amide bonds. The van der Waals surface area contributed by atoms with E-state index in [-0.39, 0.29) is 0 Å². The summed E-state index contributed by atoms with van der Waals surface area (Å²) in [7, 11) is 0. The van der Waals surface area contributed by atoms with Crippen LogP contribution in [0.1, 0.15) is 31.7 Å². The number of aliphatic hydroxyl groups is 1. The smallest absolute Gasteiger partial charge is 0.141 e. The summed E-state index contributed by atoms with van der Waals surface area (Å²) in [6, 6.07) is 13.0. The van der Waals surface area contributed by atoms with Gasteiger partial charge in [0.15, 0.2) is 0 Å². The summed E-state index contributed by atoms with van der Waals surface area (Å²) in [5.41, 5.74) is -0.501. The molecule has 21 heavy (non-hydrogen) atoms. The second-order valence-electron chi connectivity index (χ2n) is 6.46. The molecule has 0 radical (unpaired) electrons. The highest BCUT2D eigenvalue weighted by atomic mass is 16.3. The van der Waals surface area contributed by atoms with Crippen LogP contribution in [-0.4, -0.2) is 40.3 Å². The van der Waals surface area contributed by atoms with Crippen LogP contribution in [0.15, 0.2) is 30.3 Å². The highest BCUT2D eigenvalue weighted by Gasteiger charge is 2.59. The van der Waals surface area contributed by atoms with Crippen molar-refractivity contribution in [3.8, 4) is 6.07 Å². The Morgan fingerprint density at radius 2 is 2.10 bits per heavy atom. The summed E-state index contributed by atoms with van der Waals surface area (Å²) in [4.78, 5) is 2.23. The van der Waals surface area contributed by atoms with Crippen LogP contribution in [0.2, 0.25) is 0 Å². The molecule has 4 heteroatoms. The van der Waals surface area contributed by atoms with Crippen LogP contribution >= 0.6 is 0 Å². The van der Waals surface area contributed by atoms with Crippen LogP contribution in [0.4, 0.5) is 0 Å². The highest BCUT2D eigenvalue weighted by Crippen LogP contribution is 2.42. The van der Waals surface area contributed by atoms with Gasteiger partial charge >= 0.3 is 0 Å². The molecule has 1 aromatic carbocycles. The number of hydrogen-bond acceptors (Lipinski definition) is 4. The van der Waals surface area contributed by atoms with Gasteiger partial charge in [-0.3, -0.25) is 4.90 Å². The van der Waals surface area contributed by atoms with Gasteiger partial charge in [0.1, 0.15) is 11.1 Å². The molecular formula is C17H23N3O. The van der Waals surface area contributed by atoms with Gasteiger partial charge < -0.3 is 10.4 Å². The van der Waals surface area contributed by atoms with E-state index in [2.05, 4.69) is 35.3 Å². The maximum absolute atomic E-state index is 10.9. The minimum Gasteiger partial charge on any atom is -0.384 e. The Hall–Kier alpha value is -1.41. The van der Waals surface area contributed by atoms with E-state index in [1.54, 1.807) is 0 Å². The zero-order chi connectivity index (χ0) is 14.9. The third-order valence-corrected chi connectivity index (χ3v) is 5.17. The first-order valence-electron chi connectivity index (χ1n) is 7.76. The molecule has 4 nitrogen and oxygen atoms in total. The monoisotopic (exact) mass is 285 g/mol. The van der Waals surface area contributed by atoms with Crippen molar-refractivity contribution in [3.05, 3.63) is 35.9 Å². The Balaban J connectivity index is 1.94. The summed E-state index contributed by atoms with van der Waals surface area (Å²) in [5, 5.41) is 24.0. The lowest BCUT2D eigenvalue weighted by Crippen LogP contribution is -2.77. The molecule has 2 aliphatic rings. The Morgan fingerprint density at radius 1 is 1.38 bits per heavy atom. The number of benzene rings is 1. The van der Waals surface area contributed by atoms with Crippen molar-refractivity contribution in [3.63, 3.8) is 0 Å². The predicted octanol–water partition coefficient (Wildman–Crippen LogP) is 1.66. The summed E-state index contributed by atoms with van der Waals surface area (Å²) >= 11 is 0. The molecule has 0 bridgehead atoms. The minimum absolute atomic E-state index is 0.309. The second-order valence-corrected chi connectivity index (χ2v) is 6.46. The van der Waals surface area contributed by atoms with Crippen LogP contribution in [-0.2, 0) is 6.54 Å². The molecule has 112 valence electrons. The molecular weight excluding hydrogens is 262 g/mol. The summed E-state index contributed by atoms with van der Waals surface area (Å²) in [6.45, 7) is 3.92. The fourth-order valence-corrected chi connectivity index (χ4v) is 3.78. The van der Waals surface area contributed by atoms with Crippen molar-refractivity contribution in [1.29, 1.82) is 5.26 Å². The molecule has 2 unspecified atom stereocenters. The topological polar surface area (TPSA) is 59.3 Å². The van der Waals surface area contributed by atoms with Crippen molar-refractivity contribution in [2.24, 2.45) is 0 Å². The summed E-state index contributed by atoms with van der Waals surface area (Å²) < 4.78 is 0. The lowest BCUT2D eigenvalue weighted by atomic mass is 9.69. The molecule has 3 rings (SSSR count). The fourth-order valence-electron chi connectivity index (χ4n) is 3.78. The number of piperidine rings is 1. The van der Waals surface area contributed by atoms with Gasteiger partial charge in [-0.15, -0.1) is 0 Å². The Morgan fingerprint density at radius 3 is 2.67 bits per heavy atom. The Labute approximate surface area is 126 Å². The normalized spacial score (nSPS) is 32.1. The first-order valence-corrected chi connectivity index (χ1v) is 7.76. The van der Waals surface area contributed by atoms with Crippen molar-refractivity contribution in [2.45, 2.75) is 49.9 Å². The largest absolute Gasteiger partial charge is 0.384 e. The maximum Gasteiger partial charge on any atom is 0.141 e. The number of β-amino-alcohol motifs (C(OH)–C–C–N with tert-alkyl or cyclic N) is 1. The molecule has 1 aromatic rings. The van der Waals surface area contributed by atoms with Crippen LogP contribution in [0.25, 0.3) is 0 Å². The average Bonchev–Trinajstić information content (AvgIpc) is 2.48. The first-order chi connectivity index (χ1) is 10.1. The number of likely N-dealkylation sites (tertiary alicyclic amines) is 1. The predicted molar refractivity (Wildman–Crippen MR) is 81.5 cm³/mol. The van der Waals surface area contributed by atoms with Crippen LogP contribution in [0.5, 0.6) is 0 Å². The molecule has 2 atom stereocenters. The fraction of sp³-hybridized carbons (Fsp3) is 0.588. The molecule has 0 spiro atoms. The lowest BCUT2D eigenvalue weighted by molar-refractivity contribution is -0.145. The molecule has 2 heterocycles. The SMILES string of the molecule is CC1CCCC(C#N)(C2(O)CNC2)N1Cc1ccccc1. The van der Waals surface area contributed by atoms with E-state index in [9.17, 15) is 10.4 Å². The molecule has 2 fully saturated rings. The maximum atomic E-state index is 10.9. The number of nitrogens with one attached hydrogen (secondary N) is 1. The van der Waals surface area contributed by atoms with Gasteiger partial charge in [-0.2, -0.15) is 5.26 Å². The molecule has 0 saturated carbocycles. The number of rotatable bonds is 3. The van der Waals surface area contributed by atoms with E-state index in [1.807, 2.05) is 18.2 Å². The second kappa shape index (κ2) is 5.42. The Kier molecular flexibility index (Phi) is 3.75. The third-order valence-electron chi connectivity index (χ3n) is 5.17. The summed E-state index contributed by atoms with van der Waals surface area (Å²) in [5.74, 6) is 0. The van der Waals surface area contributed by atoms with E-state index >= 15 is 0 Å². The summed E-state index contributed by atoms with van der Waals surface area (Å²) in [6.07, 6.45) is 2.83. The zero-order valence-corrected chi connectivity index (χ0v) is 12.5. The molecule has 2 N–H and O–H groups in total. The van der Waals surface area contributed by atoms with E-state index in [0.29, 0.717) is 19.1 Å². The first kappa shape index (κ1) is 14.5. The van der Waals surface area contributed by atoms with Gasteiger partial charge in [0.2, 0.25) is 0 Å². The van der Waals surface area contributed by atoms with Gasteiger partial charge in [-0.05, 0) is 31.7 Å². The average molecular weight is 285 g/mol. The molecule has 0 aromatic heterocycles. The van der Waals surface area contributed by atoms with Crippen LogP contribution in [0, 0.1) is 11.3 Å². The van der Waals surface area contributed by atoms with Crippen molar-refractivity contribution in [1.82, 2.24) is 10.2 Å². The quantitative estimate of drug-likeness (QED) is 0.887. The van der Waals surface area contributed by atoms with Crippen LogP contribution < -0.4 is 5.32 Å². The molecule has 2 saturated heterocycles. The van der Waals surface area contributed by atoms with Crippen molar-refractivity contribution in [2.75, 3.05) is 13.1 Å². The van der Waals surface area contributed by atoms with Gasteiger partial charge in [0.05, 0.1) is 6.07 Å². The van der Waals surface area contributed by atoms with Gasteiger partial charge in [0, 0.05) is 25.7 Å². The van der Waals surface area contributed by atoms with Gasteiger partial charge in [0.25, 0.3) is 0 Å².